The molecule has 1 atom stereocenters. The molecule has 13 heavy (non-hydrogen) atoms. The van der Waals surface area contributed by atoms with Gasteiger partial charge in [0.1, 0.15) is 0 Å². The highest BCUT2D eigenvalue weighted by Gasteiger charge is 2.41. The summed E-state index contributed by atoms with van der Waals surface area (Å²) >= 11 is 0. The number of piperazine rings is 1. The minimum absolute atomic E-state index is 0.00306. The van der Waals surface area contributed by atoms with Crippen molar-refractivity contribution in [2.75, 3.05) is 19.6 Å². The number of rotatable bonds is 1. The summed E-state index contributed by atoms with van der Waals surface area (Å²) in [6, 6.07) is -0.132. The Balaban J connectivity index is 2.11. The molecule has 2 rings (SSSR count). The molecule has 0 spiro atoms. The topological polar surface area (TPSA) is 66.5 Å². The molecule has 0 radical (unpaired) electrons. The van der Waals surface area contributed by atoms with Gasteiger partial charge in [-0.05, 0) is 0 Å². The van der Waals surface area contributed by atoms with Crippen LogP contribution in [-0.4, -0.2) is 49.8 Å². The Morgan fingerprint density at radius 3 is 2.77 bits per heavy atom. The molecule has 1 heterocycles. The maximum absolute atomic E-state index is 11.3. The highest BCUT2D eigenvalue weighted by Crippen LogP contribution is 2.23. The van der Waals surface area contributed by atoms with Gasteiger partial charge >= 0.3 is 0 Å². The highest BCUT2D eigenvalue weighted by molar-refractivity contribution is 7.73. The summed E-state index contributed by atoms with van der Waals surface area (Å²) in [5.74, 6) is -0.00306. The number of hydrogen-bond donors (Lipinski definition) is 1. The third kappa shape index (κ3) is 1.59. The van der Waals surface area contributed by atoms with Gasteiger partial charge in [-0.3, -0.25) is 4.79 Å². The summed E-state index contributed by atoms with van der Waals surface area (Å²) in [5.41, 5.74) is 0. The predicted octanol–water partition coefficient (Wildman–Crippen LogP) is -1.76. The quantitative estimate of drug-likeness (QED) is 0.512. The smallest absolute Gasteiger partial charge is 0.237 e. The standard InChI is InChI=1S/C7H10N2O3S/c10-7-4-8-1-2-9(7)5-3-6(5)13(11)12/h5,8H,1-4H2. The van der Waals surface area contributed by atoms with E-state index in [1.54, 1.807) is 4.90 Å². The molecule has 0 aromatic heterocycles. The monoisotopic (exact) mass is 202 g/mol. The molecule has 1 saturated heterocycles. The van der Waals surface area contributed by atoms with Gasteiger partial charge in [-0.1, -0.05) is 0 Å². The van der Waals surface area contributed by atoms with Crippen LogP contribution < -0.4 is 5.32 Å². The fourth-order valence-corrected chi connectivity index (χ4v) is 2.19. The lowest BCUT2D eigenvalue weighted by Gasteiger charge is -2.26. The van der Waals surface area contributed by atoms with Crippen molar-refractivity contribution >= 4 is 21.1 Å². The molecule has 2 aliphatic rings. The average Bonchev–Trinajstić information content (AvgIpc) is 2.84. The second-order valence-corrected chi connectivity index (χ2v) is 4.18. The zero-order valence-corrected chi connectivity index (χ0v) is 7.80. The van der Waals surface area contributed by atoms with E-state index in [0.29, 0.717) is 24.4 Å². The minimum atomic E-state index is -2.10. The summed E-state index contributed by atoms with van der Waals surface area (Å²) in [7, 11) is -2.10. The molecule has 6 heteroatoms. The Hall–Kier alpha value is -0.880. The molecule has 0 aromatic rings. The van der Waals surface area contributed by atoms with E-state index >= 15 is 0 Å². The molecule has 1 saturated carbocycles. The Labute approximate surface area is 77.2 Å². The van der Waals surface area contributed by atoms with E-state index in [4.69, 9.17) is 0 Å². The van der Waals surface area contributed by atoms with Crippen LogP contribution in [0.25, 0.3) is 0 Å². The lowest BCUT2D eigenvalue weighted by atomic mass is 10.3. The molecule has 5 nitrogen and oxygen atoms in total. The first-order valence-electron chi connectivity index (χ1n) is 4.15. The van der Waals surface area contributed by atoms with Crippen molar-refractivity contribution in [3.05, 3.63) is 0 Å². The second-order valence-electron chi connectivity index (χ2n) is 3.18. The van der Waals surface area contributed by atoms with Crippen LogP contribution in [0, 0.1) is 0 Å². The van der Waals surface area contributed by atoms with Crippen molar-refractivity contribution in [3.8, 4) is 0 Å². The first kappa shape index (κ1) is 8.71. The number of nitrogens with one attached hydrogen (secondary N) is 1. The van der Waals surface area contributed by atoms with Gasteiger partial charge in [0, 0.05) is 19.5 Å². The summed E-state index contributed by atoms with van der Waals surface area (Å²) in [6.45, 7) is 1.69. The van der Waals surface area contributed by atoms with Crippen molar-refractivity contribution in [2.24, 2.45) is 0 Å². The Kier molecular flexibility index (Phi) is 2.09. The predicted molar refractivity (Wildman–Crippen MR) is 46.9 cm³/mol. The van der Waals surface area contributed by atoms with Gasteiger partial charge in [0.05, 0.1) is 17.5 Å². The molecule has 72 valence electrons. The zero-order valence-electron chi connectivity index (χ0n) is 6.99. The van der Waals surface area contributed by atoms with Gasteiger partial charge in [-0.15, -0.1) is 0 Å². The minimum Gasteiger partial charge on any atom is -0.332 e. The van der Waals surface area contributed by atoms with E-state index < -0.39 is 10.3 Å². The maximum Gasteiger partial charge on any atom is 0.237 e. The van der Waals surface area contributed by atoms with Crippen LogP contribution in [0.5, 0.6) is 0 Å². The van der Waals surface area contributed by atoms with E-state index in [1.165, 1.54) is 0 Å². The zero-order chi connectivity index (χ0) is 9.42. The van der Waals surface area contributed by atoms with Gasteiger partial charge < -0.3 is 10.2 Å². The molecule has 0 bridgehead atoms. The lowest BCUT2D eigenvalue weighted by molar-refractivity contribution is -0.132. The SMILES string of the molecule is O=C1CNCCN1C1CC1=S(=O)=O. The normalized spacial score (nSPS) is 27.7. The Morgan fingerprint density at radius 2 is 2.23 bits per heavy atom. The molecule has 2 fully saturated rings. The maximum atomic E-state index is 11.3. The fraction of sp³-hybridized carbons (Fsp3) is 0.714. The van der Waals surface area contributed by atoms with E-state index in [1.807, 2.05) is 0 Å². The number of carbonyl (C=O) groups excluding carboxylic acids is 1. The third-order valence-electron chi connectivity index (χ3n) is 2.32. The number of amides is 1. The first-order chi connectivity index (χ1) is 6.20. The molecule has 1 amide bonds. The van der Waals surface area contributed by atoms with E-state index in [2.05, 4.69) is 5.32 Å². The number of nitrogens with zero attached hydrogens (tertiary/aromatic N) is 1. The van der Waals surface area contributed by atoms with E-state index in [9.17, 15) is 13.2 Å². The van der Waals surface area contributed by atoms with Crippen molar-refractivity contribution in [1.29, 1.82) is 0 Å². The highest BCUT2D eigenvalue weighted by atomic mass is 32.2. The Morgan fingerprint density at radius 1 is 1.46 bits per heavy atom. The number of hydrogen-bond acceptors (Lipinski definition) is 4. The van der Waals surface area contributed by atoms with Crippen LogP contribution in [0.1, 0.15) is 6.42 Å². The van der Waals surface area contributed by atoms with Gasteiger partial charge in [0.15, 0.2) is 0 Å². The summed E-state index contributed by atoms with van der Waals surface area (Å²) in [6.07, 6.45) is 0.530. The van der Waals surface area contributed by atoms with Crippen molar-refractivity contribution in [1.82, 2.24) is 10.2 Å². The van der Waals surface area contributed by atoms with Crippen molar-refractivity contribution < 1.29 is 13.2 Å². The van der Waals surface area contributed by atoms with Gasteiger partial charge in [0.25, 0.3) is 0 Å². The summed E-state index contributed by atoms with van der Waals surface area (Å²) in [4.78, 5) is 13.4. The van der Waals surface area contributed by atoms with Gasteiger partial charge in [-0.25, -0.2) is 0 Å². The van der Waals surface area contributed by atoms with Crippen LogP contribution in [0.15, 0.2) is 0 Å². The van der Waals surface area contributed by atoms with Crippen LogP contribution >= 0.6 is 0 Å². The Bertz CT molecular complexity index is 365. The molecular weight excluding hydrogens is 192 g/mol. The molecule has 1 aliphatic carbocycles. The second kappa shape index (κ2) is 3.12. The van der Waals surface area contributed by atoms with Crippen molar-refractivity contribution in [3.63, 3.8) is 0 Å². The lowest BCUT2D eigenvalue weighted by Crippen LogP contribution is -2.49. The molecule has 1 unspecified atom stereocenters. The summed E-state index contributed by atoms with van der Waals surface area (Å²) < 4.78 is 21.1. The fourth-order valence-electron chi connectivity index (χ4n) is 1.55. The molecular formula is C7H10N2O3S. The van der Waals surface area contributed by atoms with E-state index in [0.717, 1.165) is 6.54 Å². The first-order valence-corrected chi connectivity index (χ1v) is 5.23. The van der Waals surface area contributed by atoms with Crippen LogP contribution in [0.4, 0.5) is 0 Å². The molecule has 0 aromatic carbocycles. The molecule has 1 aliphatic heterocycles. The largest absolute Gasteiger partial charge is 0.332 e. The van der Waals surface area contributed by atoms with E-state index in [-0.39, 0.29) is 11.9 Å². The average molecular weight is 202 g/mol. The molecule has 1 N–H and O–H groups in total. The van der Waals surface area contributed by atoms with Crippen LogP contribution in [0.3, 0.4) is 0 Å². The third-order valence-corrected chi connectivity index (χ3v) is 3.19. The summed E-state index contributed by atoms with van der Waals surface area (Å²) in [5, 5.41) is 2.94. The van der Waals surface area contributed by atoms with Crippen LogP contribution in [-0.2, 0) is 15.1 Å². The van der Waals surface area contributed by atoms with Gasteiger partial charge in [0.2, 0.25) is 16.2 Å². The van der Waals surface area contributed by atoms with Crippen molar-refractivity contribution in [2.45, 2.75) is 12.5 Å². The van der Waals surface area contributed by atoms with Gasteiger partial charge in [-0.2, -0.15) is 8.42 Å². The number of carbonyl (C=O) groups is 1. The van der Waals surface area contributed by atoms with Crippen LogP contribution in [0.2, 0.25) is 0 Å².